The second kappa shape index (κ2) is 8.16. The van der Waals surface area contributed by atoms with Crippen LogP contribution in [0, 0.1) is 0 Å². The Kier molecular flexibility index (Phi) is 7.25. The smallest absolute Gasteiger partial charge is 0.0692 e. The van der Waals surface area contributed by atoms with E-state index in [1.165, 1.54) is 38.5 Å². The molecule has 1 aliphatic rings. The summed E-state index contributed by atoms with van der Waals surface area (Å²) in [5.74, 6) is 0. The van der Waals surface area contributed by atoms with Crippen LogP contribution in [-0.4, -0.2) is 24.3 Å². The summed E-state index contributed by atoms with van der Waals surface area (Å²) in [4.78, 5) is 0. The van der Waals surface area contributed by atoms with E-state index in [1.54, 1.807) is 0 Å². The standard InChI is InChI=1S/C16H33NO/c1-5-9-14(10-6-2)17-15-11-12-18-16(7-3,8-4)13-15/h14-15,17H,5-13H2,1-4H3. The molecule has 1 heterocycles. The van der Waals surface area contributed by atoms with Gasteiger partial charge in [0.2, 0.25) is 0 Å². The van der Waals surface area contributed by atoms with Crippen molar-refractivity contribution in [1.29, 1.82) is 0 Å². The van der Waals surface area contributed by atoms with Crippen molar-refractivity contribution >= 4 is 0 Å². The monoisotopic (exact) mass is 255 g/mol. The second-order valence-electron chi connectivity index (χ2n) is 5.87. The van der Waals surface area contributed by atoms with Crippen molar-refractivity contribution in [3.63, 3.8) is 0 Å². The first-order chi connectivity index (χ1) is 8.69. The molecule has 18 heavy (non-hydrogen) atoms. The van der Waals surface area contributed by atoms with E-state index in [0.29, 0.717) is 6.04 Å². The minimum atomic E-state index is 0.152. The van der Waals surface area contributed by atoms with Gasteiger partial charge in [0, 0.05) is 18.7 Å². The lowest BCUT2D eigenvalue weighted by molar-refractivity contribution is -0.0942. The van der Waals surface area contributed by atoms with E-state index in [0.717, 1.165) is 25.5 Å². The Bertz CT molecular complexity index is 207. The molecular weight excluding hydrogens is 222 g/mol. The van der Waals surface area contributed by atoms with E-state index in [2.05, 4.69) is 33.0 Å². The number of ether oxygens (including phenoxy) is 1. The van der Waals surface area contributed by atoms with Gasteiger partial charge in [-0.2, -0.15) is 0 Å². The predicted octanol–water partition coefficient (Wildman–Crippen LogP) is 4.28. The molecule has 2 heteroatoms. The molecule has 2 nitrogen and oxygen atoms in total. The molecular formula is C16H33NO. The normalized spacial score (nSPS) is 23.5. The molecule has 1 atom stereocenters. The molecule has 0 saturated carbocycles. The van der Waals surface area contributed by atoms with Gasteiger partial charge in [0.25, 0.3) is 0 Å². The summed E-state index contributed by atoms with van der Waals surface area (Å²) in [5.41, 5.74) is 0.152. The SMILES string of the molecule is CCCC(CCC)NC1CCOC(CC)(CC)C1. The van der Waals surface area contributed by atoms with Crippen LogP contribution in [-0.2, 0) is 4.74 Å². The average Bonchev–Trinajstić information content (AvgIpc) is 2.39. The highest BCUT2D eigenvalue weighted by atomic mass is 16.5. The Balaban J connectivity index is 2.49. The van der Waals surface area contributed by atoms with Crippen LogP contribution in [0.25, 0.3) is 0 Å². The largest absolute Gasteiger partial charge is 0.375 e. The van der Waals surface area contributed by atoms with Gasteiger partial charge in [0.15, 0.2) is 0 Å². The quantitative estimate of drug-likeness (QED) is 0.699. The number of rotatable bonds is 8. The molecule has 0 aromatic carbocycles. The lowest BCUT2D eigenvalue weighted by atomic mass is 9.85. The van der Waals surface area contributed by atoms with E-state index >= 15 is 0 Å². The molecule has 1 aliphatic heterocycles. The maximum absolute atomic E-state index is 6.06. The fourth-order valence-electron chi connectivity index (χ4n) is 3.25. The molecule has 1 rings (SSSR count). The molecule has 0 aromatic heterocycles. The van der Waals surface area contributed by atoms with Gasteiger partial charge in [0.1, 0.15) is 0 Å². The van der Waals surface area contributed by atoms with Gasteiger partial charge < -0.3 is 10.1 Å². The third-order valence-electron chi connectivity index (χ3n) is 4.53. The number of hydrogen-bond donors (Lipinski definition) is 1. The summed E-state index contributed by atoms with van der Waals surface area (Å²) in [6.45, 7) is 10.0. The van der Waals surface area contributed by atoms with Gasteiger partial charge in [0.05, 0.1) is 5.60 Å². The highest BCUT2D eigenvalue weighted by molar-refractivity contribution is 4.89. The van der Waals surface area contributed by atoms with Gasteiger partial charge in [-0.15, -0.1) is 0 Å². The zero-order chi connectivity index (χ0) is 13.4. The predicted molar refractivity (Wildman–Crippen MR) is 79.0 cm³/mol. The Morgan fingerprint density at radius 2 is 1.72 bits per heavy atom. The van der Waals surface area contributed by atoms with Gasteiger partial charge in [-0.25, -0.2) is 0 Å². The molecule has 1 N–H and O–H groups in total. The Hall–Kier alpha value is -0.0800. The minimum Gasteiger partial charge on any atom is -0.375 e. The zero-order valence-electron chi connectivity index (χ0n) is 12.9. The van der Waals surface area contributed by atoms with Crippen molar-refractivity contribution in [3.8, 4) is 0 Å². The van der Waals surface area contributed by atoms with Gasteiger partial charge in [-0.1, -0.05) is 40.5 Å². The van der Waals surface area contributed by atoms with Crippen molar-refractivity contribution < 1.29 is 4.74 Å². The Morgan fingerprint density at radius 3 is 2.22 bits per heavy atom. The first-order valence-electron chi connectivity index (χ1n) is 8.09. The molecule has 0 aromatic rings. The number of nitrogens with one attached hydrogen (secondary N) is 1. The molecule has 1 unspecified atom stereocenters. The van der Waals surface area contributed by atoms with Crippen LogP contribution in [0.5, 0.6) is 0 Å². The van der Waals surface area contributed by atoms with Crippen molar-refractivity contribution in [2.75, 3.05) is 6.61 Å². The average molecular weight is 255 g/mol. The van der Waals surface area contributed by atoms with E-state index in [9.17, 15) is 0 Å². The maximum atomic E-state index is 6.06. The zero-order valence-corrected chi connectivity index (χ0v) is 12.9. The molecule has 0 radical (unpaired) electrons. The second-order valence-corrected chi connectivity index (χ2v) is 5.87. The van der Waals surface area contributed by atoms with Crippen molar-refractivity contribution in [1.82, 2.24) is 5.32 Å². The Morgan fingerprint density at radius 1 is 1.11 bits per heavy atom. The topological polar surface area (TPSA) is 21.3 Å². The summed E-state index contributed by atoms with van der Waals surface area (Å²) in [5, 5.41) is 3.90. The van der Waals surface area contributed by atoms with Crippen molar-refractivity contribution in [2.45, 2.75) is 96.7 Å². The minimum absolute atomic E-state index is 0.152. The van der Waals surface area contributed by atoms with Crippen LogP contribution in [0.3, 0.4) is 0 Å². The highest BCUT2D eigenvalue weighted by Gasteiger charge is 2.34. The van der Waals surface area contributed by atoms with Crippen LogP contribution in [0.15, 0.2) is 0 Å². The molecule has 1 fully saturated rings. The fourth-order valence-corrected chi connectivity index (χ4v) is 3.25. The van der Waals surface area contributed by atoms with Crippen LogP contribution in [0.1, 0.15) is 79.1 Å². The van der Waals surface area contributed by atoms with E-state index in [-0.39, 0.29) is 5.60 Å². The summed E-state index contributed by atoms with van der Waals surface area (Å²) in [6.07, 6.45) is 9.88. The number of hydrogen-bond acceptors (Lipinski definition) is 2. The molecule has 108 valence electrons. The summed E-state index contributed by atoms with van der Waals surface area (Å²) in [7, 11) is 0. The van der Waals surface area contributed by atoms with E-state index in [4.69, 9.17) is 4.74 Å². The lowest BCUT2D eigenvalue weighted by Crippen LogP contribution is -2.49. The van der Waals surface area contributed by atoms with E-state index in [1.807, 2.05) is 0 Å². The van der Waals surface area contributed by atoms with Gasteiger partial charge in [-0.3, -0.25) is 0 Å². The van der Waals surface area contributed by atoms with Crippen LogP contribution in [0.2, 0.25) is 0 Å². The maximum Gasteiger partial charge on any atom is 0.0692 e. The van der Waals surface area contributed by atoms with Gasteiger partial charge >= 0.3 is 0 Å². The van der Waals surface area contributed by atoms with Gasteiger partial charge in [-0.05, 0) is 38.5 Å². The molecule has 0 bridgehead atoms. The third kappa shape index (κ3) is 4.55. The highest BCUT2D eigenvalue weighted by Crippen LogP contribution is 2.31. The molecule has 0 aliphatic carbocycles. The summed E-state index contributed by atoms with van der Waals surface area (Å²) in [6, 6.07) is 1.39. The molecule has 1 saturated heterocycles. The van der Waals surface area contributed by atoms with Crippen molar-refractivity contribution in [3.05, 3.63) is 0 Å². The first-order valence-corrected chi connectivity index (χ1v) is 8.09. The fraction of sp³-hybridized carbons (Fsp3) is 1.00. The first kappa shape index (κ1) is 16.0. The Labute approximate surface area is 114 Å². The van der Waals surface area contributed by atoms with Crippen molar-refractivity contribution in [2.24, 2.45) is 0 Å². The molecule has 0 spiro atoms. The summed E-state index contributed by atoms with van der Waals surface area (Å²) < 4.78 is 6.06. The lowest BCUT2D eigenvalue weighted by Gasteiger charge is -2.41. The van der Waals surface area contributed by atoms with Crippen LogP contribution < -0.4 is 5.32 Å². The van der Waals surface area contributed by atoms with Crippen LogP contribution >= 0.6 is 0 Å². The van der Waals surface area contributed by atoms with E-state index < -0.39 is 0 Å². The third-order valence-corrected chi connectivity index (χ3v) is 4.53. The summed E-state index contributed by atoms with van der Waals surface area (Å²) >= 11 is 0. The molecule has 0 amide bonds. The van der Waals surface area contributed by atoms with Crippen LogP contribution in [0.4, 0.5) is 0 Å².